The molecule has 0 spiro atoms. The van der Waals surface area contributed by atoms with Crippen LogP contribution in [0.5, 0.6) is 5.75 Å². The van der Waals surface area contributed by atoms with Gasteiger partial charge < -0.3 is 10.5 Å². The summed E-state index contributed by atoms with van der Waals surface area (Å²) < 4.78 is 51.5. The summed E-state index contributed by atoms with van der Waals surface area (Å²) in [5.41, 5.74) is 5.39. The second-order valence-corrected chi connectivity index (χ2v) is 4.60. The Morgan fingerprint density at radius 3 is 2.47 bits per heavy atom. The third kappa shape index (κ3) is 2.17. The van der Waals surface area contributed by atoms with Crippen molar-refractivity contribution in [2.75, 3.05) is 12.8 Å². The molecule has 0 saturated carbocycles. The van der Waals surface area contributed by atoms with Crippen LogP contribution < -0.4 is 10.5 Å². The molecule has 0 fully saturated rings. The lowest BCUT2D eigenvalue weighted by atomic mass is 10.3. The summed E-state index contributed by atoms with van der Waals surface area (Å²) in [4.78, 5) is -0.597. The van der Waals surface area contributed by atoms with Gasteiger partial charge in [-0.3, -0.25) is 0 Å². The van der Waals surface area contributed by atoms with E-state index in [-0.39, 0.29) is 11.4 Å². The molecule has 7 heteroatoms. The summed E-state index contributed by atoms with van der Waals surface area (Å²) in [5, 5.41) is 0. The Hall–Kier alpha value is -1.37. The van der Waals surface area contributed by atoms with Gasteiger partial charge in [-0.2, -0.15) is 8.78 Å². The van der Waals surface area contributed by atoms with Crippen LogP contribution in [0.3, 0.4) is 0 Å². The van der Waals surface area contributed by atoms with E-state index in [1.54, 1.807) is 0 Å². The molecule has 0 amide bonds. The zero-order valence-corrected chi connectivity index (χ0v) is 8.59. The van der Waals surface area contributed by atoms with Gasteiger partial charge in [0.05, 0.1) is 7.11 Å². The number of rotatable bonds is 3. The highest BCUT2D eigenvalue weighted by Crippen LogP contribution is 2.29. The molecular formula is C8H9F2NO3S. The monoisotopic (exact) mass is 237 g/mol. The average Bonchev–Trinajstić information content (AvgIpc) is 2.17. The Morgan fingerprint density at radius 1 is 1.40 bits per heavy atom. The van der Waals surface area contributed by atoms with Crippen LogP contribution in [0.25, 0.3) is 0 Å². The fourth-order valence-electron chi connectivity index (χ4n) is 1.01. The van der Waals surface area contributed by atoms with Gasteiger partial charge in [0.2, 0.25) is 9.84 Å². The Balaban J connectivity index is 3.42. The Kier molecular flexibility index (Phi) is 3.13. The summed E-state index contributed by atoms with van der Waals surface area (Å²) in [7, 11) is -3.49. The minimum atomic E-state index is -4.68. The molecule has 0 radical (unpaired) electrons. The molecule has 0 aliphatic rings. The van der Waals surface area contributed by atoms with Crippen molar-refractivity contribution in [1.29, 1.82) is 0 Å². The Bertz CT molecular complexity index is 459. The second kappa shape index (κ2) is 4.01. The van der Waals surface area contributed by atoms with Gasteiger partial charge >= 0.3 is 5.76 Å². The molecule has 4 nitrogen and oxygen atoms in total. The van der Waals surface area contributed by atoms with Gasteiger partial charge in [0.25, 0.3) is 0 Å². The van der Waals surface area contributed by atoms with E-state index in [1.807, 2.05) is 0 Å². The number of halogens is 2. The molecule has 0 aliphatic carbocycles. The number of hydrogen-bond donors (Lipinski definition) is 1. The van der Waals surface area contributed by atoms with Crippen LogP contribution in [0.15, 0.2) is 23.1 Å². The predicted octanol–water partition coefficient (Wildman–Crippen LogP) is 1.27. The van der Waals surface area contributed by atoms with Crippen molar-refractivity contribution in [2.24, 2.45) is 0 Å². The van der Waals surface area contributed by atoms with Gasteiger partial charge in [-0.25, -0.2) is 8.42 Å². The number of nitrogens with two attached hydrogens (primary N) is 1. The highest BCUT2D eigenvalue weighted by molar-refractivity contribution is 7.91. The van der Waals surface area contributed by atoms with Crippen LogP contribution >= 0.6 is 0 Å². The van der Waals surface area contributed by atoms with Crippen molar-refractivity contribution < 1.29 is 21.9 Å². The highest BCUT2D eigenvalue weighted by atomic mass is 32.2. The van der Waals surface area contributed by atoms with Gasteiger partial charge in [0, 0.05) is 5.69 Å². The van der Waals surface area contributed by atoms with Gasteiger partial charge in [-0.15, -0.1) is 0 Å². The lowest BCUT2D eigenvalue weighted by Gasteiger charge is -2.09. The first-order chi connectivity index (χ1) is 6.89. The van der Waals surface area contributed by atoms with E-state index in [0.29, 0.717) is 0 Å². The predicted molar refractivity (Wildman–Crippen MR) is 50.6 cm³/mol. The van der Waals surface area contributed by atoms with Crippen molar-refractivity contribution in [3.8, 4) is 5.75 Å². The van der Waals surface area contributed by atoms with E-state index < -0.39 is 20.5 Å². The summed E-state index contributed by atoms with van der Waals surface area (Å²) in [6, 6.07) is 3.54. The summed E-state index contributed by atoms with van der Waals surface area (Å²) in [5.74, 6) is -3.64. The van der Waals surface area contributed by atoms with E-state index >= 15 is 0 Å². The summed E-state index contributed by atoms with van der Waals surface area (Å²) in [6.45, 7) is 0. The van der Waals surface area contributed by atoms with Gasteiger partial charge in [-0.05, 0) is 18.2 Å². The topological polar surface area (TPSA) is 69.4 Å². The maximum atomic E-state index is 12.3. The number of alkyl halides is 2. The molecule has 1 aromatic rings. The number of methoxy groups -OCH3 is 1. The zero-order chi connectivity index (χ0) is 11.6. The first kappa shape index (κ1) is 11.7. The number of ether oxygens (including phenoxy) is 1. The minimum absolute atomic E-state index is 0.0787. The molecule has 2 N–H and O–H groups in total. The van der Waals surface area contributed by atoms with E-state index in [0.717, 1.165) is 6.07 Å². The van der Waals surface area contributed by atoms with Crippen LogP contribution in [0.2, 0.25) is 0 Å². The molecule has 0 atom stereocenters. The third-order valence-electron chi connectivity index (χ3n) is 1.73. The highest BCUT2D eigenvalue weighted by Gasteiger charge is 2.29. The van der Waals surface area contributed by atoms with Crippen molar-refractivity contribution in [1.82, 2.24) is 0 Å². The van der Waals surface area contributed by atoms with Crippen LogP contribution in [-0.4, -0.2) is 21.3 Å². The largest absolute Gasteiger partial charge is 0.495 e. The fraction of sp³-hybridized carbons (Fsp3) is 0.250. The summed E-state index contributed by atoms with van der Waals surface area (Å²) >= 11 is 0. The molecule has 0 heterocycles. The fourth-order valence-corrected chi connectivity index (χ4v) is 1.94. The van der Waals surface area contributed by atoms with E-state index in [9.17, 15) is 17.2 Å². The number of benzene rings is 1. The second-order valence-electron chi connectivity index (χ2n) is 2.72. The molecule has 84 valence electrons. The molecule has 15 heavy (non-hydrogen) atoms. The number of sulfone groups is 1. The van der Waals surface area contributed by atoms with Gasteiger partial charge in [0.1, 0.15) is 10.6 Å². The van der Waals surface area contributed by atoms with Crippen LogP contribution in [0.4, 0.5) is 14.5 Å². The SMILES string of the molecule is COc1ccc(N)cc1S(=O)(=O)C(F)F. The molecule has 0 aromatic heterocycles. The van der Waals surface area contributed by atoms with Crippen molar-refractivity contribution in [3.63, 3.8) is 0 Å². The van der Waals surface area contributed by atoms with Crippen LogP contribution in [0.1, 0.15) is 0 Å². The van der Waals surface area contributed by atoms with Crippen LogP contribution in [0, 0.1) is 0 Å². The third-order valence-corrected chi connectivity index (χ3v) is 3.13. The normalized spacial score (nSPS) is 11.7. The maximum absolute atomic E-state index is 12.3. The lowest BCUT2D eigenvalue weighted by Crippen LogP contribution is -2.13. The van der Waals surface area contributed by atoms with E-state index in [1.165, 1.54) is 19.2 Å². The van der Waals surface area contributed by atoms with Gasteiger partial charge in [-0.1, -0.05) is 0 Å². The molecule has 0 unspecified atom stereocenters. The van der Waals surface area contributed by atoms with Crippen molar-refractivity contribution >= 4 is 15.5 Å². The quantitative estimate of drug-likeness (QED) is 0.804. The molecule has 1 rings (SSSR count). The standard InChI is InChI=1S/C8H9F2NO3S/c1-14-6-3-2-5(11)4-7(6)15(12,13)8(9)10/h2-4,8H,11H2,1H3. The first-order valence-electron chi connectivity index (χ1n) is 3.85. The summed E-state index contributed by atoms with van der Waals surface area (Å²) in [6.07, 6.45) is 0. The first-order valence-corrected chi connectivity index (χ1v) is 5.39. The molecule has 0 saturated heterocycles. The van der Waals surface area contributed by atoms with E-state index in [4.69, 9.17) is 5.73 Å². The van der Waals surface area contributed by atoms with Crippen molar-refractivity contribution in [3.05, 3.63) is 18.2 Å². The smallest absolute Gasteiger partial charge is 0.341 e. The molecular weight excluding hydrogens is 228 g/mol. The molecule has 0 aliphatic heterocycles. The Morgan fingerprint density at radius 2 is 2.00 bits per heavy atom. The number of anilines is 1. The minimum Gasteiger partial charge on any atom is -0.495 e. The van der Waals surface area contributed by atoms with Gasteiger partial charge in [0.15, 0.2) is 0 Å². The molecule has 1 aromatic carbocycles. The number of nitrogen functional groups attached to an aromatic ring is 1. The van der Waals surface area contributed by atoms with E-state index in [2.05, 4.69) is 4.74 Å². The number of hydrogen-bond acceptors (Lipinski definition) is 4. The molecule has 0 bridgehead atoms. The Labute approximate surface area is 85.6 Å². The zero-order valence-electron chi connectivity index (χ0n) is 7.78. The maximum Gasteiger partial charge on any atom is 0.341 e. The van der Waals surface area contributed by atoms with Crippen LogP contribution in [-0.2, 0) is 9.84 Å². The van der Waals surface area contributed by atoms with Crippen molar-refractivity contribution in [2.45, 2.75) is 10.7 Å². The average molecular weight is 237 g/mol. The lowest BCUT2D eigenvalue weighted by molar-refractivity contribution is 0.234.